The average Bonchev–Trinajstić information content (AvgIpc) is 2.82. The lowest BCUT2D eigenvalue weighted by molar-refractivity contribution is -0.144. The molecule has 1 aliphatic heterocycles. The zero-order valence-corrected chi connectivity index (χ0v) is 10.6. The average molecular weight is 257 g/mol. The van der Waals surface area contributed by atoms with Gasteiger partial charge in [0.1, 0.15) is 12.1 Å². The van der Waals surface area contributed by atoms with E-state index in [1.54, 1.807) is 6.92 Å². The summed E-state index contributed by atoms with van der Waals surface area (Å²) in [6.07, 6.45) is 1.90. The van der Waals surface area contributed by atoms with Crippen LogP contribution in [0.4, 0.5) is 0 Å². The van der Waals surface area contributed by atoms with E-state index in [4.69, 9.17) is 5.11 Å². The second-order valence-electron chi connectivity index (χ2n) is 4.61. The van der Waals surface area contributed by atoms with Gasteiger partial charge in [0.2, 0.25) is 5.91 Å². The van der Waals surface area contributed by atoms with Crippen molar-refractivity contribution in [1.29, 1.82) is 0 Å². The number of carbonyl (C=O) groups is 2. The molecule has 1 amide bonds. The molecule has 7 nitrogen and oxygen atoms in total. The van der Waals surface area contributed by atoms with E-state index >= 15 is 0 Å². The minimum atomic E-state index is -1.05. The van der Waals surface area contributed by atoms with Crippen LogP contribution in [0, 0.1) is 10.8 Å². The summed E-state index contributed by atoms with van der Waals surface area (Å²) in [5.74, 6) is -1.65. The molecule has 1 heterocycles. The van der Waals surface area contributed by atoms with E-state index in [9.17, 15) is 14.5 Å². The maximum absolute atomic E-state index is 11.9. The maximum Gasteiger partial charge on any atom is 0.326 e. The molecule has 1 aliphatic rings. The van der Waals surface area contributed by atoms with Gasteiger partial charge in [-0.25, -0.2) is 9.80 Å². The Hall–Kier alpha value is -1.66. The second kappa shape index (κ2) is 6.32. The minimum Gasteiger partial charge on any atom is -0.480 e. The molecule has 1 rings (SSSR count). The molecule has 0 aliphatic carbocycles. The Morgan fingerprint density at radius 3 is 2.72 bits per heavy atom. The van der Waals surface area contributed by atoms with Crippen LogP contribution in [0.3, 0.4) is 0 Å². The first kappa shape index (κ1) is 14.4. The first-order chi connectivity index (χ1) is 8.51. The van der Waals surface area contributed by atoms with Crippen LogP contribution in [0.2, 0.25) is 0 Å². The number of hydrogen-bond donors (Lipinski definition) is 2. The van der Waals surface area contributed by atoms with Crippen molar-refractivity contribution in [2.45, 2.75) is 45.2 Å². The minimum absolute atomic E-state index is 0.162. The summed E-state index contributed by atoms with van der Waals surface area (Å²) in [5, 5.41) is 15.5. The number of nitroso groups, excluding NO2 is 1. The Labute approximate surface area is 105 Å². The molecule has 3 atom stereocenters. The molecule has 7 heteroatoms. The number of nitrogens with zero attached hydrogens (tertiary/aromatic N) is 2. The summed E-state index contributed by atoms with van der Waals surface area (Å²) >= 11 is 0. The highest BCUT2D eigenvalue weighted by molar-refractivity contribution is 5.87. The topological polar surface area (TPSA) is 99.1 Å². The van der Waals surface area contributed by atoms with Crippen molar-refractivity contribution in [2.75, 3.05) is 6.54 Å². The first-order valence-electron chi connectivity index (χ1n) is 6.14. The lowest BCUT2D eigenvalue weighted by Gasteiger charge is -2.23. The molecule has 1 saturated heterocycles. The van der Waals surface area contributed by atoms with Gasteiger partial charge in [-0.2, -0.15) is 0 Å². The molecule has 0 aromatic rings. The molecule has 1 fully saturated rings. The quantitative estimate of drug-likeness (QED) is 0.684. The highest BCUT2D eigenvalue weighted by Gasteiger charge is 2.34. The van der Waals surface area contributed by atoms with Gasteiger partial charge < -0.3 is 10.4 Å². The Morgan fingerprint density at radius 1 is 1.56 bits per heavy atom. The van der Waals surface area contributed by atoms with Gasteiger partial charge in [0.05, 0.1) is 5.29 Å². The SMILES string of the molecule is CC[C@H](C)[C@H](NC(=O)[C@@H]1CCCN1N=O)C(=O)O. The predicted octanol–water partition coefficient (Wildman–Crippen LogP) is 0.748. The van der Waals surface area contributed by atoms with Crippen LogP contribution in [-0.4, -0.2) is 40.6 Å². The fourth-order valence-corrected chi connectivity index (χ4v) is 2.05. The van der Waals surface area contributed by atoms with E-state index in [1.807, 2.05) is 6.92 Å². The molecule has 0 saturated carbocycles. The fraction of sp³-hybridized carbons (Fsp3) is 0.818. The van der Waals surface area contributed by atoms with Crippen LogP contribution in [0.15, 0.2) is 5.29 Å². The van der Waals surface area contributed by atoms with Gasteiger partial charge in [-0.05, 0) is 18.8 Å². The van der Waals surface area contributed by atoms with Gasteiger partial charge in [-0.1, -0.05) is 20.3 Å². The molecule has 0 aromatic carbocycles. The van der Waals surface area contributed by atoms with E-state index in [2.05, 4.69) is 10.6 Å². The van der Waals surface area contributed by atoms with Gasteiger partial charge in [0, 0.05) is 6.54 Å². The van der Waals surface area contributed by atoms with Crippen molar-refractivity contribution >= 4 is 11.9 Å². The van der Waals surface area contributed by atoms with E-state index in [-0.39, 0.29) is 5.92 Å². The Balaban J connectivity index is 2.66. The summed E-state index contributed by atoms with van der Waals surface area (Å²) < 4.78 is 0. The summed E-state index contributed by atoms with van der Waals surface area (Å²) in [6.45, 7) is 4.08. The third-order valence-electron chi connectivity index (χ3n) is 3.41. The van der Waals surface area contributed by atoms with Crippen molar-refractivity contribution in [3.8, 4) is 0 Å². The zero-order valence-electron chi connectivity index (χ0n) is 10.6. The number of rotatable bonds is 6. The Bertz CT molecular complexity index is 334. The molecule has 0 radical (unpaired) electrons. The molecular weight excluding hydrogens is 238 g/mol. The predicted molar refractivity (Wildman–Crippen MR) is 64.5 cm³/mol. The van der Waals surface area contributed by atoms with E-state index < -0.39 is 24.0 Å². The normalized spacial score (nSPS) is 22.3. The van der Waals surface area contributed by atoms with E-state index in [1.165, 1.54) is 5.01 Å². The number of carboxylic acid groups (broad SMARTS) is 1. The molecule has 0 aromatic heterocycles. The smallest absolute Gasteiger partial charge is 0.326 e. The van der Waals surface area contributed by atoms with Crippen molar-refractivity contribution in [2.24, 2.45) is 11.2 Å². The summed E-state index contributed by atoms with van der Waals surface area (Å²) in [7, 11) is 0. The van der Waals surface area contributed by atoms with Crippen LogP contribution in [0.1, 0.15) is 33.1 Å². The number of carbonyl (C=O) groups excluding carboxylic acids is 1. The van der Waals surface area contributed by atoms with Gasteiger partial charge in [-0.3, -0.25) is 4.79 Å². The number of aliphatic carboxylic acids is 1. The monoisotopic (exact) mass is 257 g/mol. The zero-order chi connectivity index (χ0) is 13.7. The lowest BCUT2D eigenvalue weighted by atomic mass is 9.99. The number of amides is 1. The fourth-order valence-electron chi connectivity index (χ4n) is 2.05. The standard InChI is InChI=1S/C11H19N3O4/c1-3-7(2)9(11(16)17)12-10(15)8-5-4-6-14(8)13-18/h7-9H,3-6H2,1-2H3,(H,12,15)(H,16,17)/t7-,8-,9-/m0/s1. The Kier molecular flexibility index (Phi) is 5.06. The highest BCUT2D eigenvalue weighted by Crippen LogP contribution is 2.18. The molecule has 0 bridgehead atoms. The van der Waals surface area contributed by atoms with Crippen molar-refractivity contribution < 1.29 is 14.7 Å². The van der Waals surface area contributed by atoms with E-state index in [0.29, 0.717) is 25.8 Å². The number of carboxylic acids is 1. The largest absolute Gasteiger partial charge is 0.480 e. The summed E-state index contributed by atoms with van der Waals surface area (Å²) in [5.41, 5.74) is 0. The van der Waals surface area contributed by atoms with Crippen LogP contribution in [0.25, 0.3) is 0 Å². The third-order valence-corrected chi connectivity index (χ3v) is 3.41. The molecular formula is C11H19N3O4. The molecule has 2 N–H and O–H groups in total. The summed E-state index contributed by atoms with van der Waals surface area (Å²) in [4.78, 5) is 33.5. The lowest BCUT2D eigenvalue weighted by Crippen LogP contribution is -2.50. The molecule has 0 spiro atoms. The van der Waals surface area contributed by atoms with Gasteiger partial charge in [0.25, 0.3) is 0 Å². The van der Waals surface area contributed by atoms with Gasteiger partial charge in [-0.15, -0.1) is 4.91 Å². The second-order valence-corrected chi connectivity index (χ2v) is 4.61. The first-order valence-corrected chi connectivity index (χ1v) is 6.14. The number of hydrogen-bond acceptors (Lipinski definition) is 4. The van der Waals surface area contributed by atoms with Crippen LogP contribution < -0.4 is 5.32 Å². The molecule has 102 valence electrons. The van der Waals surface area contributed by atoms with Crippen molar-refractivity contribution in [3.05, 3.63) is 4.91 Å². The Morgan fingerprint density at radius 2 is 2.22 bits per heavy atom. The van der Waals surface area contributed by atoms with Crippen LogP contribution in [0.5, 0.6) is 0 Å². The molecule has 0 unspecified atom stereocenters. The van der Waals surface area contributed by atoms with Crippen LogP contribution in [-0.2, 0) is 9.59 Å². The van der Waals surface area contributed by atoms with Crippen LogP contribution >= 0.6 is 0 Å². The van der Waals surface area contributed by atoms with Crippen molar-refractivity contribution in [3.63, 3.8) is 0 Å². The maximum atomic E-state index is 11.9. The van der Waals surface area contributed by atoms with Gasteiger partial charge >= 0.3 is 5.97 Å². The third kappa shape index (κ3) is 3.18. The van der Waals surface area contributed by atoms with Crippen molar-refractivity contribution in [1.82, 2.24) is 10.3 Å². The van der Waals surface area contributed by atoms with E-state index in [0.717, 1.165) is 0 Å². The highest BCUT2D eigenvalue weighted by atomic mass is 16.4. The van der Waals surface area contributed by atoms with Gasteiger partial charge in [0.15, 0.2) is 0 Å². The summed E-state index contributed by atoms with van der Waals surface area (Å²) in [6, 6.07) is -1.55. The number of nitrogens with one attached hydrogen (secondary N) is 1. The molecule has 18 heavy (non-hydrogen) atoms.